The van der Waals surface area contributed by atoms with Crippen molar-refractivity contribution in [3.8, 4) is 0 Å². The molecule has 0 spiro atoms. The second-order valence-corrected chi connectivity index (χ2v) is 12.7. The molecule has 32 heavy (non-hydrogen) atoms. The van der Waals surface area contributed by atoms with Crippen molar-refractivity contribution in [2.45, 2.75) is 82.8 Å². The number of aliphatic hydroxyl groups is 1. The van der Waals surface area contributed by atoms with Crippen molar-refractivity contribution in [2.75, 3.05) is 0 Å². The zero-order chi connectivity index (χ0) is 22.9. The fourth-order valence-corrected chi connectivity index (χ4v) is 8.60. The van der Waals surface area contributed by atoms with Gasteiger partial charge in [-0.3, -0.25) is 8.98 Å². The van der Waals surface area contributed by atoms with Crippen molar-refractivity contribution < 1.29 is 22.5 Å². The smallest absolute Gasteiger partial charge is 0.297 e. The number of allylic oxidation sites excluding steroid dienone is 1. The number of fused-ring (bicyclic) bond motifs is 5. The van der Waals surface area contributed by atoms with E-state index >= 15 is 0 Å². The van der Waals surface area contributed by atoms with Gasteiger partial charge >= 0.3 is 0 Å². The Morgan fingerprint density at radius 2 is 1.75 bits per heavy atom. The van der Waals surface area contributed by atoms with Crippen molar-refractivity contribution >= 4 is 15.9 Å². The van der Waals surface area contributed by atoms with E-state index in [1.807, 2.05) is 6.92 Å². The third kappa shape index (κ3) is 3.33. The molecule has 4 aliphatic rings. The van der Waals surface area contributed by atoms with Crippen LogP contribution in [0.4, 0.5) is 0 Å². The van der Waals surface area contributed by atoms with Gasteiger partial charge in [0.1, 0.15) is 6.10 Å². The summed E-state index contributed by atoms with van der Waals surface area (Å²) in [7, 11) is -4.01. The topological polar surface area (TPSA) is 80.7 Å². The summed E-state index contributed by atoms with van der Waals surface area (Å²) in [6, 6.07) is 6.59. The maximum absolute atomic E-state index is 13.2. The predicted molar refractivity (Wildman–Crippen MR) is 121 cm³/mol. The van der Waals surface area contributed by atoms with Gasteiger partial charge in [-0.25, -0.2) is 0 Å². The molecule has 0 heterocycles. The van der Waals surface area contributed by atoms with Gasteiger partial charge in [0.2, 0.25) is 0 Å². The average molecular weight is 459 g/mol. The molecule has 5 rings (SSSR count). The molecule has 0 amide bonds. The third-order valence-electron chi connectivity index (χ3n) is 9.36. The summed E-state index contributed by atoms with van der Waals surface area (Å²) in [5.74, 6) is 0.895. The molecule has 1 aromatic rings. The molecule has 1 N–H and O–H groups in total. The molecule has 3 fully saturated rings. The summed E-state index contributed by atoms with van der Waals surface area (Å²) in [5.41, 5.74) is 1.98. The van der Waals surface area contributed by atoms with E-state index in [-0.39, 0.29) is 28.1 Å². The molecule has 6 heteroatoms. The van der Waals surface area contributed by atoms with Gasteiger partial charge in [-0.15, -0.1) is 0 Å². The molecular weight excluding hydrogens is 424 g/mol. The van der Waals surface area contributed by atoms with E-state index in [4.69, 9.17) is 4.18 Å². The minimum Gasteiger partial charge on any atom is -0.393 e. The first-order valence-corrected chi connectivity index (χ1v) is 13.4. The number of benzene rings is 1. The maximum atomic E-state index is 13.2. The number of hydrogen-bond acceptors (Lipinski definition) is 5. The number of aryl methyl sites for hydroxylation is 1. The van der Waals surface area contributed by atoms with Crippen LogP contribution < -0.4 is 0 Å². The Hall–Kier alpha value is -1.50. The Bertz CT molecular complexity index is 1060. The minimum absolute atomic E-state index is 0.0761. The predicted octanol–water partition coefficient (Wildman–Crippen LogP) is 4.57. The fraction of sp³-hybridized carbons (Fsp3) is 0.654. The first-order valence-electron chi connectivity index (χ1n) is 11.9. The number of carbonyl (C=O) groups excluding carboxylic acids is 1. The molecule has 3 saturated carbocycles. The van der Waals surface area contributed by atoms with Crippen LogP contribution in [-0.4, -0.2) is 31.5 Å². The van der Waals surface area contributed by atoms with Crippen LogP contribution in [0.25, 0.3) is 0 Å². The standard InChI is InChI=1S/C26H34O5S/c1-16-4-7-19(8-5-16)32(29,30)31-24-23(28)15-22-20-9-6-17-14-18(27)10-12-25(17,2)21(20)11-13-26(22,24)3/h4-8,18,20-22,24,27H,9-15H2,1-3H3/t18?,20-,21+,22+,24?,25+,26+/m1/s1. The van der Waals surface area contributed by atoms with Crippen molar-refractivity contribution in [1.29, 1.82) is 0 Å². The lowest BCUT2D eigenvalue weighted by molar-refractivity contribution is -0.126. The lowest BCUT2D eigenvalue weighted by Gasteiger charge is -2.57. The minimum atomic E-state index is -4.01. The first kappa shape index (κ1) is 22.3. The van der Waals surface area contributed by atoms with Crippen LogP contribution in [0.2, 0.25) is 0 Å². The highest BCUT2D eigenvalue weighted by atomic mass is 32.2. The number of rotatable bonds is 3. The quantitative estimate of drug-likeness (QED) is 0.530. The van der Waals surface area contributed by atoms with E-state index in [9.17, 15) is 18.3 Å². The molecule has 0 aliphatic heterocycles. The first-order chi connectivity index (χ1) is 15.0. The molecule has 0 aromatic heterocycles. The Kier molecular flexibility index (Phi) is 5.23. The molecule has 5 nitrogen and oxygen atoms in total. The summed E-state index contributed by atoms with van der Waals surface area (Å²) >= 11 is 0. The average Bonchev–Trinajstić information content (AvgIpc) is 2.99. The Labute approximate surface area is 191 Å². The SMILES string of the molecule is Cc1ccc(S(=O)(=O)OC2C(=O)C[C@H]3[C@@H]4CC=C5CC(O)CC[C@]5(C)[C@H]4CC[C@]23C)cc1. The van der Waals surface area contributed by atoms with E-state index in [1.165, 1.54) is 5.57 Å². The molecule has 4 aliphatic carbocycles. The van der Waals surface area contributed by atoms with Crippen LogP contribution in [0.1, 0.15) is 64.4 Å². The van der Waals surface area contributed by atoms with E-state index in [2.05, 4.69) is 19.9 Å². The number of hydrogen-bond donors (Lipinski definition) is 1. The molecule has 0 radical (unpaired) electrons. The van der Waals surface area contributed by atoms with Crippen molar-refractivity contribution in [3.05, 3.63) is 41.5 Å². The highest BCUT2D eigenvalue weighted by molar-refractivity contribution is 7.86. The summed E-state index contributed by atoms with van der Waals surface area (Å²) in [6.45, 7) is 6.32. The molecule has 0 bridgehead atoms. The van der Waals surface area contributed by atoms with Crippen LogP contribution in [-0.2, 0) is 19.1 Å². The van der Waals surface area contributed by atoms with Gasteiger partial charge in [-0.2, -0.15) is 8.42 Å². The third-order valence-corrected chi connectivity index (χ3v) is 10.7. The summed E-state index contributed by atoms with van der Waals surface area (Å²) in [5, 5.41) is 10.2. The fourth-order valence-electron chi connectivity index (χ4n) is 7.44. The lowest BCUT2D eigenvalue weighted by atomic mass is 9.48. The van der Waals surface area contributed by atoms with E-state index in [0.29, 0.717) is 18.3 Å². The normalized spacial score (nSPS) is 41.4. The van der Waals surface area contributed by atoms with Crippen molar-refractivity contribution in [1.82, 2.24) is 0 Å². The van der Waals surface area contributed by atoms with Crippen LogP contribution in [0.5, 0.6) is 0 Å². The number of Topliss-reactive ketones (excluding diaryl/α,β-unsaturated/α-hetero) is 1. The van der Waals surface area contributed by atoms with E-state index < -0.39 is 21.6 Å². The maximum Gasteiger partial charge on any atom is 0.297 e. The van der Waals surface area contributed by atoms with E-state index in [0.717, 1.165) is 44.1 Å². The molecule has 174 valence electrons. The van der Waals surface area contributed by atoms with Gasteiger partial charge in [0.05, 0.1) is 11.0 Å². The lowest BCUT2D eigenvalue weighted by Crippen LogP contribution is -2.51. The van der Waals surface area contributed by atoms with Crippen LogP contribution in [0, 0.1) is 35.5 Å². The zero-order valence-electron chi connectivity index (χ0n) is 19.2. The highest BCUT2D eigenvalue weighted by Gasteiger charge is 2.62. The number of carbonyl (C=O) groups is 1. The van der Waals surface area contributed by atoms with E-state index in [1.54, 1.807) is 24.3 Å². The van der Waals surface area contributed by atoms with Crippen molar-refractivity contribution in [2.24, 2.45) is 28.6 Å². The number of ketones is 1. The number of aliphatic hydroxyl groups excluding tert-OH is 1. The highest BCUT2D eigenvalue weighted by Crippen LogP contribution is 2.64. The molecular formula is C26H34O5S. The van der Waals surface area contributed by atoms with Gasteiger partial charge in [0.25, 0.3) is 10.1 Å². The molecule has 0 saturated heterocycles. The monoisotopic (exact) mass is 458 g/mol. The van der Waals surface area contributed by atoms with Gasteiger partial charge in [0.15, 0.2) is 5.78 Å². The van der Waals surface area contributed by atoms with Crippen molar-refractivity contribution in [3.63, 3.8) is 0 Å². The van der Waals surface area contributed by atoms with Gasteiger partial charge in [0, 0.05) is 11.8 Å². The van der Waals surface area contributed by atoms with Crippen LogP contribution in [0.3, 0.4) is 0 Å². The molecule has 1 aromatic carbocycles. The van der Waals surface area contributed by atoms with Gasteiger partial charge in [-0.05, 0) is 80.8 Å². The summed E-state index contributed by atoms with van der Waals surface area (Å²) in [4.78, 5) is 13.3. The second kappa shape index (κ2) is 7.51. The Morgan fingerprint density at radius 1 is 1.03 bits per heavy atom. The second-order valence-electron chi connectivity index (χ2n) is 11.1. The van der Waals surface area contributed by atoms with Crippen LogP contribution >= 0.6 is 0 Å². The largest absolute Gasteiger partial charge is 0.393 e. The van der Waals surface area contributed by atoms with Crippen LogP contribution in [0.15, 0.2) is 40.8 Å². The Balaban J connectivity index is 1.43. The van der Waals surface area contributed by atoms with Gasteiger partial charge in [-0.1, -0.05) is 43.2 Å². The zero-order valence-corrected chi connectivity index (χ0v) is 20.0. The molecule has 2 unspecified atom stereocenters. The summed E-state index contributed by atoms with van der Waals surface area (Å²) in [6.07, 6.45) is 6.82. The Morgan fingerprint density at radius 3 is 2.47 bits per heavy atom. The molecule has 7 atom stereocenters. The summed E-state index contributed by atoms with van der Waals surface area (Å²) < 4.78 is 31.7. The van der Waals surface area contributed by atoms with Gasteiger partial charge < -0.3 is 5.11 Å².